The number of hydrogen-bond donors (Lipinski definition) is 1. The molecule has 32 heavy (non-hydrogen) atoms. The number of hydrogen-bond acceptors (Lipinski definition) is 7. The number of nitro benzene ring substituents is 1. The molecule has 166 valence electrons. The fourth-order valence-corrected chi connectivity index (χ4v) is 4.04. The molecule has 0 fully saturated rings. The first kappa shape index (κ1) is 23.2. The molecule has 0 radical (unpaired) electrons. The second-order valence-electron chi connectivity index (χ2n) is 6.31. The summed E-state index contributed by atoms with van der Waals surface area (Å²) in [6.45, 7) is 0. The lowest BCUT2D eigenvalue weighted by molar-refractivity contribution is -0.386. The van der Waals surface area contributed by atoms with Gasteiger partial charge in [0.05, 0.1) is 31.3 Å². The molecule has 1 amide bonds. The molecule has 0 saturated carbocycles. The van der Waals surface area contributed by atoms with E-state index in [-0.39, 0.29) is 22.8 Å². The van der Waals surface area contributed by atoms with Crippen LogP contribution >= 0.6 is 23.4 Å². The van der Waals surface area contributed by atoms with Gasteiger partial charge in [-0.3, -0.25) is 14.9 Å². The first-order valence-corrected chi connectivity index (χ1v) is 10.4. The van der Waals surface area contributed by atoms with E-state index < -0.39 is 16.5 Å². The summed E-state index contributed by atoms with van der Waals surface area (Å²) in [5.74, 6) is -0.735. The van der Waals surface area contributed by atoms with Gasteiger partial charge in [-0.05, 0) is 36.4 Å². The van der Waals surface area contributed by atoms with E-state index in [1.54, 1.807) is 12.1 Å². The van der Waals surface area contributed by atoms with E-state index in [0.717, 1.165) is 9.79 Å². The van der Waals surface area contributed by atoms with Crippen LogP contribution in [0.5, 0.6) is 17.2 Å². The zero-order chi connectivity index (χ0) is 23.3. The third kappa shape index (κ3) is 4.90. The number of nitro groups is 1. The van der Waals surface area contributed by atoms with E-state index in [9.17, 15) is 14.9 Å². The highest BCUT2D eigenvalue weighted by Crippen LogP contribution is 2.46. The van der Waals surface area contributed by atoms with Gasteiger partial charge in [-0.25, -0.2) is 0 Å². The fraction of sp³-hybridized carbons (Fsp3) is 0.136. The van der Waals surface area contributed by atoms with Crippen LogP contribution in [0, 0.1) is 10.1 Å². The van der Waals surface area contributed by atoms with Crippen molar-refractivity contribution in [2.45, 2.75) is 9.79 Å². The molecule has 0 unspecified atom stereocenters. The van der Waals surface area contributed by atoms with Crippen molar-refractivity contribution in [2.24, 2.45) is 0 Å². The number of halogens is 1. The van der Waals surface area contributed by atoms with Gasteiger partial charge < -0.3 is 19.5 Å². The largest absolute Gasteiger partial charge is 0.493 e. The van der Waals surface area contributed by atoms with Gasteiger partial charge in [-0.1, -0.05) is 35.5 Å². The Labute approximate surface area is 193 Å². The molecule has 10 heteroatoms. The summed E-state index contributed by atoms with van der Waals surface area (Å²) < 4.78 is 15.5. The van der Waals surface area contributed by atoms with Crippen molar-refractivity contribution in [2.75, 3.05) is 26.6 Å². The lowest BCUT2D eigenvalue weighted by Crippen LogP contribution is -2.15. The second kappa shape index (κ2) is 10.3. The summed E-state index contributed by atoms with van der Waals surface area (Å²) in [5, 5.41) is 15.0. The molecule has 3 aromatic carbocycles. The molecular weight excluding hydrogens is 456 g/mol. The topological polar surface area (TPSA) is 99.9 Å². The smallest absolute Gasteiger partial charge is 0.327 e. The maximum atomic E-state index is 12.9. The summed E-state index contributed by atoms with van der Waals surface area (Å²) in [6.07, 6.45) is 0. The van der Waals surface area contributed by atoms with Crippen LogP contribution < -0.4 is 19.5 Å². The van der Waals surface area contributed by atoms with Crippen LogP contribution in [-0.2, 0) is 0 Å². The summed E-state index contributed by atoms with van der Waals surface area (Å²) in [7, 11) is 3.94. The second-order valence-corrected chi connectivity index (χ2v) is 7.83. The maximum Gasteiger partial charge on any atom is 0.327 e. The van der Waals surface area contributed by atoms with Gasteiger partial charge in [-0.2, -0.15) is 0 Å². The third-order valence-electron chi connectivity index (χ3n) is 4.41. The Kier molecular flexibility index (Phi) is 7.45. The number of ether oxygens (including phenoxy) is 3. The average molecular weight is 475 g/mol. The molecule has 0 spiro atoms. The van der Waals surface area contributed by atoms with Gasteiger partial charge in [0.1, 0.15) is 5.56 Å². The van der Waals surface area contributed by atoms with Crippen molar-refractivity contribution < 1.29 is 23.9 Å². The highest BCUT2D eigenvalue weighted by Gasteiger charge is 2.32. The summed E-state index contributed by atoms with van der Waals surface area (Å²) >= 11 is 7.67. The van der Waals surface area contributed by atoms with Crippen molar-refractivity contribution in [3.8, 4) is 17.2 Å². The lowest BCUT2D eigenvalue weighted by Gasteiger charge is -2.15. The van der Waals surface area contributed by atoms with Crippen molar-refractivity contribution in [3.63, 3.8) is 0 Å². The average Bonchev–Trinajstić information content (AvgIpc) is 2.79. The minimum absolute atomic E-state index is 0.0270. The molecule has 0 saturated heterocycles. The highest BCUT2D eigenvalue weighted by atomic mass is 35.5. The van der Waals surface area contributed by atoms with E-state index >= 15 is 0 Å². The molecule has 0 aliphatic rings. The summed E-state index contributed by atoms with van der Waals surface area (Å²) in [6, 6.07) is 15.7. The standard InChI is InChI=1S/C22H19ClN2O6S/c1-29-17-12-15(19(25(27)28)21(31-3)20(17)30-2)22(26)24-13-8-10-14(11-9-13)32-18-7-5-4-6-16(18)23/h4-12H,1-3H3,(H,24,26). The van der Waals surface area contributed by atoms with Crippen LogP contribution in [0.25, 0.3) is 0 Å². The summed E-state index contributed by atoms with van der Waals surface area (Å²) in [5.41, 5.74) is -0.283. The van der Waals surface area contributed by atoms with Gasteiger partial charge in [0.25, 0.3) is 5.91 Å². The molecule has 0 bridgehead atoms. The van der Waals surface area contributed by atoms with Crippen LogP contribution in [0.4, 0.5) is 11.4 Å². The minimum atomic E-state index is -0.695. The van der Waals surface area contributed by atoms with Crippen LogP contribution in [-0.4, -0.2) is 32.2 Å². The Hall–Kier alpha value is -3.43. The molecule has 0 aromatic heterocycles. The van der Waals surface area contributed by atoms with Crippen LogP contribution in [0.2, 0.25) is 5.02 Å². The lowest BCUT2D eigenvalue weighted by atomic mass is 10.1. The monoisotopic (exact) mass is 474 g/mol. The zero-order valence-electron chi connectivity index (χ0n) is 17.4. The molecular formula is C22H19ClN2O6S. The normalized spacial score (nSPS) is 10.4. The third-order valence-corrected chi connectivity index (χ3v) is 5.93. The minimum Gasteiger partial charge on any atom is -0.493 e. The zero-order valence-corrected chi connectivity index (χ0v) is 19.0. The van der Waals surface area contributed by atoms with Gasteiger partial charge >= 0.3 is 5.69 Å². The fourth-order valence-electron chi connectivity index (χ4n) is 2.95. The first-order valence-electron chi connectivity index (χ1n) is 9.20. The molecule has 0 aliphatic heterocycles. The number of benzene rings is 3. The number of methoxy groups -OCH3 is 3. The van der Waals surface area contributed by atoms with Crippen molar-refractivity contribution in [1.29, 1.82) is 0 Å². The first-order chi connectivity index (χ1) is 15.4. The number of nitrogens with one attached hydrogen (secondary N) is 1. The van der Waals surface area contributed by atoms with Gasteiger partial charge in [0.2, 0.25) is 11.5 Å². The SMILES string of the molecule is COc1cc(C(=O)Nc2ccc(Sc3ccccc3Cl)cc2)c([N+](=O)[O-])c(OC)c1OC. The van der Waals surface area contributed by atoms with E-state index in [0.29, 0.717) is 10.7 Å². The predicted molar refractivity (Wildman–Crippen MR) is 123 cm³/mol. The summed E-state index contributed by atoms with van der Waals surface area (Å²) in [4.78, 5) is 25.7. The molecule has 3 rings (SSSR count). The Bertz CT molecular complexity index is 1150. The van der Waals surface area contributed by atoms with E-state index in [1.807, 2.05) is 36.4 Å². The number of nitrogens with zero attached hydrogens (tertiary/aromatic N) is 1. The predicted octanol–water partition coefficient (Wildman–Crippen LogP) is 5.68. The number of amides is 1. The highest BCUT2D eigenvalue weighted by molar-refractivity contribution is 7.99. The Morgan fingerprint density at radius 3 is 2.22 bits per heavy atom. The van der Waals surface area contributed by atoms with E-state index in [1.165, 1.54) is 39.2 Å². The number of anilines is 1. The molecule has 1 N–H and O–H groups in total. The van der Waals surface area contributed by atoms with Gasteiger partial charge in [-0.15, -0.1) is 0 Å². The van der Waals surface area contributed by atoms with Gasteiger partial charge in [0.15, 0.2) is 5.75 Å². The maximum absolute atomic E-state index is 12.9. The molecule has 0 atom stereocenters. The van der Waals surface area contributed by atoms with Crippen LogP contribution in [0.1, 0.15) is 10.4 Å². The van der Waals surface area contributed by atoms with Crippen LogP contribution in [0.15, 0.2) is 64.4 Å². The van der Waals surface area contributed by atoms with Crippen molar-refractivity contribution in [3.05, 3.63) is 75.3 Å². The van der Waals surface area contributed by atoms with Crippen molar-refractivity contribution in [1.82, 2.24) is 0 Å². The molecule has 8 nitrogen and oxygen atoms in total. The number of carbonyl (C=O) groups is 1. The molecule has 3 aromatic rings. The van der Waals surface area contributed by atoms with Crippen molar-refractivity contribution >= 4 is 40.6 Å². The number of rotatable bonds is 8. The Balaban J connectivity index is 1.88. The van der Waals surface area contributed by atoms with E-state index in [2.05, 4.69) is 5.32 Å². The molecule has 0 heterocycles. The van der Waals surface area contributed by atoms with Gasteiger partial charge in [0, 0.05) is 21.5 Å². The molecule has 0 aliphatic carbocycles. The van der Waals surface area contributed by atoms with Crippen LogP contribution in [0.3, 0.4) is 0 Å². The number of carbonyl (C=O) groups excluding carboxylic acids is 1. The quantitative estimate of drug-likeness (QED) is 0.331. The Morgan fingerprint density at radius 2 is 1.66 bits per heavy atom. The Morgan fingerprint density at radius 1 is 1.00 bits per heavy atom. The van der Waals surface area contributed by atoms with E-state index in [4.69, 9.17) is 25.8 Å².